The number of rotatable bonds is 1. The van der Waals surface area contributed by atoms with E-state index >= 15 is 0 Å². The predicted octanol–water partition coefficient (Wildman–Crippen LogP) is -1.20. The lowest BCUT2D eigenvalue weighted by Gasteiger charge is -2.36. The van der Waals surface area contributed by atoms with Gasteiger partial charge in [-0.2, -0.15) is 0 Å². The number of hydrogen-bond donors (Lipinski definition) is 2. The quantitative estimate of drug-likeness (QED) is 0.561. The molecule has 4 unspecified atom stereocenters. The molecule has 2 heterocycles. The summed E-state index contributed by atoms with van der Waals surface area (Å²) in [6.07, 6.45) is -4.80. The average molecular weight is 206 g/mol. The maximum Gasteiger partial charge on any atom is 0.192 e. The molecule has 2 rings (SSSR count). The van der Waals surface area contributed by atoms with Crippen LogP contribution in [0.2, 0.25) is 0 Å². The largest absolute Gasteiger partial charge is 0.387 e. The van der Waals surface area contributed by atoms with E-state index in [4.69, 9.17) is 18.9 Å². The van der Waals surface area contributed by atoms with Crippen LogP contribution < -0.4 is 0 Å². The minimum absolute atomic E-state index is 0.442. The summed E-state index contributed by atoms with van der Waals surface area (Å²) in [5, 5.41) is 19.2. The maximum absolute atomic E-state index is 9.65. The van der Waals surface area contributed by atoms with Gasteiger partial charge in [0.1, 0.15) is 18.3 Å². The highest BCUT2D eigenvalue weighted by atomic mass is 16.8. The van der Waals surface area contributed by atoms with Crippen LogP contribution in [0.25, 0.3) is 0 Å². The lowest BCUT2D eigenvalue weighted by atomic mass is 10.0. The Morgan fingerprint density at radius 2 is 1.79 bits per heavy atom. The zero-order valence-corrected chi connectivity index (χ0v) is 7.99. The molecule has 0 bridgehead atoms. The van der Waals surface area contributed by atoms with Gasteiger partial charge in [0.15, 0.2) is 18.9 Å². The van der Waals surface area contributed by atoms with Crippen molar-refractivity contribution in [1.82, 2.24) is 0 Å². The second-order valence-corrected chi connectivity index (χ2v) is 3.39. The summed E-state index contributed by atoms with van der Waals surface area (Å²) in [7, 11) is 1.39. The Bertz CT molecular complexity index is 208. The molecule has 6 atom stereocenters. The molecule has 0 amide bonds. The molecule has 2 aliphatic rings. The van der Waals surface area contributed by atoms with Crippen molar-refractivity contribution in [1.29, 1.82) is 0 Å². The van der Waals surface area contributed by atoms with E-state index in [1.165, 1.54) is 7.11 Å². The number of hydrogen-bond acceptors (Lipinski definition) is 6. The lowest BCUT2D eigenvalue weighted by Crippen LogP contribution is -2.56. The predicted molar refractivity (Wildman–Crippen MR) is 43.1 cm³/mol. The third-order valence-electron chi connectivity index (χ3n) is 2.41. The van der Waals surface area contributed by atoms with Crippen LogP contribution >= 0.6 is 0 Å². The summed E-state index contributed by atoms with van der Waals surface area (Å²) in [4.78, 5) is 0. The summed E-state index contributed by atoms with van der Waals surface area (Å²) in [6, 6.07) is 0. The topological polar surface area (TPSA) is 77.4 Å². The van der Waals surface area contributed by atoms with Crippen molar-refractivity contribution < 1.29 is 29.2 Å². The first-order chi connectivity index (χ1) is 6.63. The van der Waals surface area contributed by atoms with E-state index in [9.17, 15) is 10.2 Å². The summed E-state index contributed by atoms with van der Waals surface area (Å²) in [5.74, 6) is 0. The number of methoxy groups -OCH3 is 1. The smallest absolute Gasteiger partial charge is 0.192 e. The van der Waals surface area contributed by atoms with E-state index in [1.54, 1.807) is 6.92 Å². The summed E-state index contributed by atoms with van der Waals surface area (Å²) in [6.45, 7) is 1.70. The Labute approximate surface area is 81.3 Å². The van der Waals surface area contributed by atoms with Crippen molar-refractivity contribution in [3.8, 4) is 0 Å². The van der Waals surface area contributed by atoms with Crippen LogP contribution in [-0.2, 0) is 18.9 Å². The second-order valence-electron chi connectivity index (χ2n) is 3.39. The van der Waals surface area contributed by atoms with Crippen LogP contribution in [0.15, 0.2) is 0 Å². The Kier molecular flexibility index (Phi) is 2.74. The minimum atomic E-state index is -1.12. The van der Waals surface area contributed by atoms with E-state index in [0.29, 0.717) is 0 Å². The van der Waals surface area contributed by atoms with Gasteiger partial charge in [-0.3, -0.25) is 0 Å². The number of ether oxygens (including phenoxy) is 4. The molecule has 0 spiro atoms. The van der Waals surface area contributed by atoms with Gasteiger partial charge in [0.05, 0.1) is 0 Å². The molecule has 0 aromatic heterocycles. The molecule has 14 heavy (non-hydrogen) atoms. The van der Waals surface area contributed by atoms with Crippen LogP contribution in [0, 0.1) is 0 Å². The molecule has 82 valence electrons. The third kappa shape index (κ3) is 1.54. The van der Waals surface area contributed by atoms with Gasteiger partial charge in [0.25, 0.3) is 0 Å². The van der Waals surface area contributed by atoms with Crippen LogP contribution in [0.5, 0.6) is 0 Å². The van der Waals surface area contributed by atoms with E-state index in [1.807, 2.05) is 0 Å². The van der Waals surface area contributed by atoms with Crippen LogP contribution in [0.3, 0.4) is 0 Å². The van der Waals surface area contributed by atoms with Crippen LogP contribution in [0.4, 0.5) is 0 Å². The monoisotopic (exact) mass is 206 g/mol. The summed E-state index contributed by atoms with van der Waals surface area (Å²) < 4.78 is 20.5. The van der Waals surface area contributed by atoms with Crippen molar-refractivity contribution in [3.05, 3.63) is 0 Å². The Morgan fingerprint density at radius 3 is 2.43 bits per heavy atom. The zero-order valence-electron chi connectivity index (χ0n) is 7.99. The molecule has 6 nitrogen and oxygen atoms in total. The molecule has 0 aliphatic carbocycles. The Balaban J connectivity index is 2.09. The van der Waals surface area contributed by atoms with Crippen molar-refractivity contribution in [2.24, 2.45) is 0 Å². The average Bonchev–Trinajstić information content (AvgIpc) is 2.52. The molecular formula is C8H14O6. The molecule has 6 heteroatoms. The van der Waals surface area contributed by atoms with Gasteiger partial charge >= 0.3 is 0 Å². The van der Waals surface area contributed by atoms with Gasteiger partial charge in [-0.25, -0.2) is 0 Å². The van der Waals surface area contributed by atoms with Crippen molar-refractivity contribution in [3.63, 3.8) is 0 Å². The first kappa shape index (κ1) is 10.3. The van der Waals surface area contributed by atoms with Gasteiger partial charge in [0.2, 0.25) is 0 Å². The fourth-order valence-electron chi connectivity index (χ4n) is 1.70. The molecule has 0 aromatic carbocycles. The van der Waals surface area contributed by atoms with Crippen LogP contribution in [0.1, 0.15) is 6.92 Å². The first-order valence-electron chi connectivity index (χ1n) is 4.49. The summed E-state index contributed by atoms with van der Waals surface area (Å²) >= 11 is 0. The Hall–Kier alpha value is -0.240. The van der Waals surface area contributed by atoms with E-state index in [-0.39, 0.29) is 0 Å². The standard InChI is InChI=1S/C8H14O6/c1-3-12-6-4(9)5(10)7(11-2)14-8(6)13-3/h3-10H,1-2H3/t3?,4?,5-,6?,7?,8-/m0/s1. The minimum Gasteiger partial charge on any atom is -0.387 e. The van der Waals surface area contributed by atoms with Gasteiger partial charge in [-0.05, 0) is 6.92 Å². The van der Waals surface area contributed by atoms with Crippen molar-refractivity contribution in [2.75, 3.05) is 7.11 Å². The van der Waals surface area contributed by atoms with Gasteiger partial charge in [-0.15, -0.1) is 0 Å². The number of aliphatic hydroxyl groups is 2. The molecule has 0 aromatic rings. The second kappa shape index (κ2) is 3.73. The molecule has 2 N–H and O–H groups in total. The van der Waals surface area contributed by atoms with Gasteiger partial charge in [0, 0.05) is 7.11 Å². The Morgan fingerprint density at radius 1 is 1.07 bits per heavy atom. The number of aliphatic hydroxyl groups excluding tert-OH is 2. The zero-order chi connectivity index (χ0) is 10.3. The fraction of sp³-hybridized carbons (Fsp3) is 1.00. The molecule has 0 radical (unpaired) electrons. The van der Waals surface area contributed by atoms with Crippen LogP contribution in [-0.4, -0.2) is 54.5 Å². The fourth-order valence-corrected chi connectivity index (χ4v) is 1.70. The van der Waals surface area contributed by atoms with Crippen molar-refractivity contribution >= 4 is 0 Å². The SMILES string of the molecule is COC1O[C@@H]2OC(C)OC2C(O)[C@@H]1O. The highest BCUT2D eigenvalue weighted by molar-refractivity contribution is 4.89. The maximum atomic E-state index is 9.65. The van der Waals surface area contributed by atoms with E-state index < -0.39 is 37.2 Å². The third-order valence-corrected chi connectivity index (χ3v) is 2.41. The molecule has 2 fully saturated rings. The highest BCUT2D eigenvalue weighted by Gasteiger charge is 2.50. The molecule has 0 saturated carbocycles. The first-order valence-corrected chi connectivity index (χ1v) is 4.49. The molecule has 2 aliphatic heterocycles. The van der Waals surface area contributed by atoms with E-state index in [0.717, 1.165) is 0 Å². The normalized spacial score (nSPS) is 53.1. The molecule has 2 saturated heterocycles. The molecular weight excluding hydrogens is 192 g/mol. The lowest BCUT2D eigenvalue weighted by molar-refractivity contribution is -0.310. The van der Waals surface area contributed by atoms with Gasteiger partial charge < -0.3 is 29.2 Å². The summed E-state index contributed by atoms with van der Waals surface area (Å²) in [5.41, 5.74) is 0. The van der Waals surface area contributed by atoms with Crippen molar-refractivity contribution in [2.45, 2.75) is 44.1 Å². The van der Waals surface area contributed by atoms with Gasteiger partial charge in [-0.1, -0.05) is 0 Å². The van der Waals surface area contributed by atoms with E-state index in [2.05, 4.69) is 0 Å². The number of fused-ring (bicyclic) bond motifs is 1. The highest BCUT2D eigenvalue weighted by Crippen LogP contribution is 2.31.